The van der Waals surface area contributed by atoms with Crippen molar-refractivity contribution in [2.45, 2.75) is 26.2 Å². The molecule has 1 aromatic heterocycles. The zero-order chi connectivity index (χ0) is 10.8. The van der Waals surface area contributed by atoms with E-state index in [-0.39, 0.29) is 5.92 Å². The van der Waals surface area contributed by atoms with E-state index in [0.717, 1.165) is 6.42 Å². The van der Waals surface area contributed by atoms with Gasteiger partial charge in [-0.25, -0.2) is 0 Å². The Labute approximate surface area is 94.0 Å². The van der Waals surface area contributed by atoms with Crippen molar-refractivity contribution in [3.63, 3.8) is 0 Å². The fourth-order valence-electron chi connectivity index (χ4n) is 1.86. The predicted octanol–water partition coefficient (Wildman–Crippen LogP) is 4.23. The maximum Gasteiger partial charge on any atom is 0.0806 e. The lowest BCUT2D eigenvalue weighted by Gasteiger charge is -2.03. The number of hydrogen-bond acceptors (Lipinski definition) is 2. The van der Waals surface area contributed by atoms with Crippen molar-refractivity contribution in [3.05, 3.63) is 34.7 Å². The lowest BCUT2D eigenvalue weighted by atomic mass is 10.0. The average Bonchev–Trinajstić information content (AvgIpc) is 2.60. The van der Waals surface area contributed by atoms with Crippen LogP contribution >= 0.6 is 11.3 Å². The van der Waals surface area contributed by atoms with Gasteiger partial charge in [0, 0.05) is 9.58 Å². The molecule has 0 N–H and O–H groups in total. The summed E-state index contributed by atoms with van der Waals surface area (Å²) in [5, 5.41) is 10.4. The lowest BCUT2D eigenvalue weighted by Crippen LogP contribution is -1.91. The van der Waals surface area contributed by atoms with Gasteiger partial charge in [0.05, 0.1) is 12.0 Å². The summed E-state index contributed by atoms with van der Waals surface area (Å²) in [4.78, 5) is 1.24. The number of rotatable bonds is 2. The zero-order valence-electron chi connectivity index (χ0n) is 8.95. The maximum absolute atomic E-state index is 9.09. The average molecular weight is 215 g/mol. The number of nitriles is 1. The van der Waals surface area contributed by atoms with Crippen LogP contribution in [0.5, 0.6) is 0 Å². The highest BCUT2D eigenvalue weighted by Gasteiger charge is 2.15. The van der Waals surface area contributed by atoms with Crippen molar-refractivity contribution in [2.24, 2.45) is 0 Å². The molecule has 76 valence electrons. The van der Waals surface area contributed by atoms with Crippen molar-refractivity contribution < 1.29 is 0 Å². The van der Waals surface area contributed by atoms with Crippen LogP contribution in [-0.2, 0) is 0 Å². The van der Waals surface area contributed by atoms with Crippen molar-refractivity contribution in [1.29, 1.82) is 5.26 Å². The van der Waals surface area contributed by atoms with E-state index in [2.05, 4.69) is 44.2 Å². The number of nitrogens with zero attached hydrogens (tertiary/aromatic N) is 1. The lowest BCUT2D eigenvalue weighted by molar-refractivity contribution is 0.830. The van der Waals surface area contributed by atoms with Gasteiger partial charge < -0.3 is 0 Å². The third-order valence-corrected chi connectivity index (χ3v) is 4.15. The Morgan fingerprint density at radius 2 is 2.13 bits per heavy atom. The molecule has 2 heteroatoms. The number of thiophene rings is 1. The highest BCUT2D eigenvalue weighted by atomic mass is 32.1. The third kappa shape index (κ3) is 1.64. The van der Waals surface area contributed by atoms with E-state index < -0.39 is 0 Å². The molecular formula is C13H13NS. The Morgan fingerprint density at radius 1 is 1.40 bits per heavy atom. The van der Waals surface area contributed by atoms with E-state index in [9.17, 15) is 0 Å². The molecule has 2 aromatic rings. The molecule has 0 amide bonds. The minimum Gasteiger partial charge on any atom is -0.198 e. The standard InChI is InChI=1S/C13H13NS/c1-3-10(8-14)13-9(2)11-6-4-5-7-12(11)15-13/h4-7,10H,3H2,1-2H3. The summed E-state index contributed by atoms with van der Waals surface area (Å²) in [6, 6.07) is 10.7. The highest BCUT2D eigenvalue weighted by molar-refractivity contribution is 7.19. The topological polar surface area (TPSA) is 23.8 Å². The van der Waals surface area contributed by atoms with Crippen molar-refractivity contribution >= 4 is 21.4 Å². The molecule has 1 atom stereocenters. The SMILES string of the molecule is CCC(C#N)c1sc2ccccc2c1C. The fraction of sp³-hybridized carbons (Fsp3) is 0.308. The Hall–Kier alpha value is -1.33. The van der Waals surface area contributed by atoms with Crippen LogP contribution in [0.2, 0.25) is 0 Å². The second-order valence-corrected chi connectivity index (χ2v) is 4.76. The first-order valence-electron chi connectivity index (χ1n) is 5.15. The van der Waals surface area contributed by atoms with E-state index in [0.29, 0.717) is 0 Å². The molecule has 2 rings (SSSR count). The summed E-state index contributed by atoms with van der Waals surface area (Å²) in [6.07, 6.45) is 0.893. The number of hydrogen-bond donors (Lipinski definition) is 0. The molecule has 0 saturated carbocycles. The largest absolute Gasteiger partial charge is 0.198 e. The van der Waals surface area contributed by atoms with Gasteiger partial charge in [-0.05, 0) is 30.4 Å². The highest BCUT2D eigenvalue weighted by Crippen LogP contribution is 2.36. The first-order valence-corrected chi connectivity index (χ1v) is 5.97. The van der Waals surface area contributed by atoms with E-state index in [1.165, 1.54) is 20.5 Å². The summed E-state index contributed by atoms with van der Waals surface area (Å²) in [5.74, 6) is 0.0578. The van der Waals surface area contributed by atoms with Gasteiger partial charge in [-0.1, -0.05) is 25.1 Å². The molecule has 1 nitrogen and oxygen atoms in total. The third-order valence-electron chi connectivity index (χ3n) is 2.76. The van der Waals surface area contributed by atoms with Gasteiger partial charge in [-0.15, -0.1) is 11.3 Å². The molecule has 1 unspecified atom stereocenters. The van der Waals surface area contributed by atoms with Gasteiger partial charge >= 0.3 is 0 Å². The monoisotopic (exact) mass is 215 g/mol. The second-order valence-electron chi connectivity index (χ2n) is 3.68. The number of aryl methyl sites for hydroxylation is 1. The smallest absolute Gasteiger partial charge is 0.0806 e. The Kier molecular flexibility index (Phi) is 2.75. The van der Waals surface area contributed by atoms with E-state index in [1.54, 1.807) is 11.3 Å². The van der Waals surface area contributed by atoms with Crippen molar-refractivity contribution in [1.82, 2.24) is 0 Å². The van der Waals surface area contributed by atoms with Crippen molar-refractivity contribution in [3.8, 4) is 6.07 Å². The molecule has 0 fully saturated rings. The van der Waals surface area contributed by atoms with Gasteiger partial charge in [0.2, 0.25) is 0 Å². The molecule has 0 aliphatic carbocycles. The molecule has 15 heavy (non-hydrogen) atoms. The van der Waals surface area contributed by atoms with Gasteiger partial charge in [-0.2, -0.15) is 5.26 Å². The normalized spacial score (nSPS) is 12.6. The van der Waals surface area contributed by atoms with E-state index in [4.69, 9.17) is 5.26 Å². The zero-order valence-corrected chi connectivity index (χ0v) is 9.77. The minimum absolute atomic E-state index is 0.0578. The molecule has 0 spiro atoms. The van der Waals surface area contributed by atoms with Crippen LogP contribution in [0.15, 0.2) is 24.3 Å². The Bertz CT molecular complexity index is 519. The van der Waals surface area contributed by atoms with Gasteiger partial charge in [0.25, 0.3) is 0 Å². The maximum atomic E-state index is 9.09. The summed E-state index contributed by atoms with van der Waals surface area (Å²) in [6.45, 7) is 4.19. The summed E-state index contributed by atoms with van der Waals surface area (Å²) < 4.78 is 1.29. The predicted molar refractivity (Wildman–Crippen MR) is 65.2 cm³/mol. The molecule has 1 heterocycles. The summed E-state index contributed by atoms with van der Waals surface area (Å²) in [5.41, 5.74) is 1.28. The second kappa shape index (κ2) is 4.04. The molecule has 0 bridgehead atoms. The molecule has 0 aliphatic heterocycles. The van der Waals surface area contributed by atoms with Crippen LogP contribution in [0.1, 0.15) is 29.7 Å². The quantitative estimate of drug-likeness (QED) is 0.735. The molecule has 0 saturated heterocycles. The first kappa shape index (κ1) is 10.2. The minimum atomic E-state index is 0.0578. The van der Waals surface area contributed by atoms with E-state index >= 15 is 0 Å². The molecule has 1 aromatic carbocycles. The van der Waals surface area contributed by atoms with Gasteiger partial charge in [-0.3, -0.25) is 0 Å². The van der Waals surface area contributed by atoms with Crippen LogP contribution in [0, 0.1) is 18.3 Å². The molecule has 0 aliphatic rings. The first-order chi connectivity index (χ1) is 7.27. The van der Waals surface area contributed by atoms with Crippen LogP contribution in [0.25, 0.3) is 10.1 Å². The summed E-state index contributed by atoms with van der Waals surface area (Å²) >= 11 is 1.76. The van der Waals surface area contributed by atoms with Crippen LogP contribution in [0.3, 0.4) is 0 Å². The van der Waals surface area contributed by atoms with E-state index in [1.807, 2.05) is 0 Å². The Balaban J connectivity index is 2.63. The van der Waals surface area contributed by atoms with Gasteiger partial charge in [0.15, 0.2) is 0 Å². The van der Waals surface area contributed by atoms with Crippen LogP contribution < -0.4 is 0 Å². The summed E-state index contributed by atoms with van der Waals surface area (Å²) in [7, 11) is 0. The van der Waals surface area contributed by atoms with Crippen LogP contribution in [-0.4, -0.2) is 0 Å². The number of fused-ring (bicyclic) bond motifs is 1. The number of benzene rings is 1. The van der Waals surface area contributed by atoms with Crippen LogP contribution in [0.4, 0.5) is 0 Å². The van der Waals surface area contributed by atoms with Gasteiger partial charge in [0.1, 0.15) is 0 Å². The fourth-order valence-corrected chi connectivity index (χ4v) is 3.20. The Morgan fingerprint density at radius 3 is 2.73 bits per heavy atom. The molecular weight excluding hydrogens is 202 g/mol. The van der Waals surface area contributed by atoms with Crippen molar-refractivity contribution in [2.75, 3.05) is 0 Å². The molecule has 0 radical (unpaired) electrons.